The standard InChI is InChI=1S/C14H23N3O2/c1-9(2)10-6-12(16-8-15-10)17-11(7-13(18)19)14(3,4)5/h6,8-9,11H,7H2,1-5H3,(H,18,19)(H,15,16,17). The Morgan fingerprint density at radius 1 is 1.37 bits per heavy atom. The van der Waals surface area contributed by atoms with Crippen molar-refractivity contribution in [1.29, 1.82) is 0 Å². The number of carboxylic acid groups (broad SMARTS) is 1. The summed E-state index contributed by atoms with van der Waals surface area (Å²) in [7, 11) is 0. The Labute approximate surface area is 114 Å². The fourth-order valence-corrected chi connectivity index (χ4v) is 1.69. The molecule has 0 saturated heterocycles. The monoisotopic (exact) mass is 265 g/mol. The Hall–Kier alpha value is -1.65. The highest BCUT2D eigenvalue weighted by Crippen LogP contribution is 2.25. The van der Waals surface area contributed by atoms with Gasteiger partial charge in [-0.2, -0.15) is 0 Å². The zero-order chi connectivity index (χ0) is 14.6. The van der Waals surface area contributed by atoms with Crippen LogP contribution in [0.25, 0.3) is 0 Å². The SMILES string of the molecule is CC(C)c1cc(NC(CC(=O)O)C(C)(C)C)ncn1. The van der Waals surface area contributed by atoms with Gasteiger partial charge in [-0.1, -0.05) is 34.6 Å². The van der Waals surface area contributed by atoms with Crippen molar-refractivity contribution in [2.24, 2.45) is 5.41 Å². The van der Waals surface area contributed by atoms with Gasteiger partial charge in [0.05, 0.1) is 6.42 Å². The van der Waals surface area contributed by atoms with E-state index in [9.17, 15) is 4.79 Å². The molecule has 2 N–H and O–H groups in total. The Balaban J connectivity index is 2.90. The molecule has 0 spiro atoms. The number of nitrogens with zero attached hydrogens (tertiary/aromatic N) is 2. The molecule has 0 saturated carbocycles. The first kappa shape index (κ1) is 15.4. The minimum Gasteiger partial charge on any atom is -0.481 e. The quantitative estimate of drug-likeness (QED) is 0.856. The van der Waals surface area contributed by atoms with Crippen LogP contribution in [-0.2, 0) is 4.79 Å². The molecular formula is C14H23N3O2. The Morgan fingerprint density at radius 3 is 2.47 bits per heavy atom. The van der Waals surface area contributed by atoms with Gasteiger partial charge in [-0.15, -0.1) is 0 Å². The second-order valence-electron chi connectivity index (χ2n) is 6.14. The number of carbonyl (C=O) groups is 1. The number of rotatable bonds is 5. The lowest BCUT2D eigenvalue weighted by atomic mass is 9.85. The van der Waals surface area contributed by atoms with Crippen molar-refractivity contribution in [1.82, 2.24) is 9.97 Å². The first-order chi connectivity index (χ1) is 8.70. The molecule has 106 valence electrons. The first-order valence-electron chi connectivity index (χ1n) is 6.50. The molecule has 1 aromatic heterocycles. The normalized spacial score (nSPS) is 13.4. The van der Waals surface area contributed by atoms with Crippen LogP contribution in [0.5, 0.6) is 0 Å². The predicted molar refractivity (Wildman–Crippen MR) is 75.2 cm³/mol. The predicted octanol–water partition coefficient (Wildman–Crippen LogP) is 2.90. The lowest BCUT2D eigenvalue weighted by Crippen LogP contribution is -2.36. The van der Waals surface area contributed by atoms with E-state index in [1.54, 1.807) is 0 Å². The van der Waals surface area contributed by atoms with Gasteiger partial charge in [-0.05, 0) is 11.3 Å². The van der Waals surface area contributed by atoms with Gasteiger partial charge in [0.1, 0.15) is 12.1 Å². The van der Waals surface area contributed by atoms with E-state index in [1.807, 2.05) is 26.8 Å². The van der Waals surface area contributed by atoms with Crippen LogP contribution in [0.3, 0.4) is 0 Å². The van der Waals surface area contributed by atoms with E-state index in [2.05, 4.69) is 29.1 Å². The molecule has 0 radical (unpaired) electrons. The van der Waals surface area contributed by atoms with E-state index in [0.29, 0.717) is 11.7 Å². The van der Waals surface area contributed by atoms with Gasteiger partial charge in [0.15, 0.2) is 0 Å². The Bertz CT molecular complexity index is 439. The molecule has 1 heterocycles. The lowest BCUT2D eigenvalue weighted by molar-refractivity contribution is -0.137. The van der Waals surface area contributed by atoms with Crippen LogP contribution in [0.15, 0.2) is 12.4 Å². The Morgan fingerprint density at radius 2 is 2.00 bits per heavy atom. The van der Waals surface area contributed by atoms with E-state index >= 15 is 0 Å². The molecule has 5 heteroatoms. The van der Waals surface area contributed by atoms with Crippen LogP contribution in [0, 0.1) is 5.41 Å². The summed E-state index contributed by atoms with van der Waals surface area (Å²) in [5.41, 5.74) is 0.780. The molecule has 0 aliphatic heterocycles. The Kier molecular flexibility index (Phi) is 4.86. The number of anilines is 1. The highest BCUT2D eigenvalue weighted by atomic mass is 16.4. The van der Waals surface area contributed by atoms with Gasteiger partial charge in [-0.3, -0.25) is 4.79 Å². The van der Waals surface area contributed by atoms with Gasteiger partial charge in [-0.25, -0.2) is 9.97 Å². The maximum atomic E-state index is 10.9. The van der Waals surface area contributed by atoms with Crippen molar-refractivity contribution in [3.63, 3.8) is 0 Å². The van der Waals surface area contributed by atoms with Gasteiger partial charge in [0.25, 0.3) is 0 Å². The van der Waals surface area contributed by atoms with Crippen molar-refractivity contribution < 1.29 is 9.90 Å². The van der Waals surface area contributed by atoms with E-state index in [4.69, 9.17) is 5.11 Å². The number of aromatic nitrogens is 2. The number of hydrogen-bond donors (Lipinski definition) is 2. The van der Waals surface area contributed by atoms with E-state index in [1.165, 1.54) is 6.33 Å². The van der Waals surface area contributed by atoms with Crippen molar-refractivity contribution in [3.05, 3.63) is 18.1 Å². The maximum Gasteiger partial charge on any atom is 0.305 e. The molecule has 5 nitrogen and oxygen atoms in total. The van der Waals surface area contributed by atoms with Crippen LogP contribution < -0.4 is 5.32 Å². The molecule has 1 unspecified atom stereocenters. The second-order valence-corrected chi connectivity index (χ2v) is 6.14. The number of hydrogen-bond acceptors (Lipinski definition) is 4. The summed E-state index contributed by atoms with van der Waals surface area (Å²) < 4.78 is 0. The fraction of sp³-hybridized carbons (Fsp3) is 0.643. The van der Waals surface area contributed by atoms with Crippen LogP contribution in [0.2, 0.25) is 0 Å². The van der Waals surface area contributed by atoms with Crippen LogP contribution in [-0.4, -0.2) is 27.1 Å². The van der Waals surface area contributed by atoms with E-state index < -0.39 is 5.97 Å². The number of nitrogens with one attached hydrogen (secondary N) is 1. The third-order valence-electron chi connectivity index (χ3n) is 3.03. The van der Waals surface area contributed by atoms with Gasteiger partial charge >= 0.3 is 5.97 Å². The highest BCUT2D eigenvalue weighted by molar-refractivity contribution is 5.68. The van der Waals surface area contributed by atoms with Crippen LogP contribution in [0.1, 0.15) is 52.7 Å². The highest BCUT2D eigenvalue weighted by Gasteiger charge is 2.27. The number of carboxylic acids is 1. The maximum absolute atomic E-state index is 10.9. The summed E-state index contributed by atoms with van der Waals surface area (Å²) in [4.78, 5) is 19.3. The van der Waals surface area contributed by atoms with Crippen molar-refractivity contribution >= 4 is 11.8 Å². The smallest absolute Gasteiger partial charge is 0.305 e. The minimum atomic E-state index is -0.814. The zero-order valence-corrected chi connectivity index (χ0v) is 12.3. The summed E-state index contributed by atoms with van der Waals surface area (Å²) in [6.45, 7) is 10.2. The van der Waals surface area contributed by atoms with Crippen molar-refractivity contribution in [2.45, 2.75) is 53.0 Å². The molecule has 0 aliphatic carbocycles. The topological polar surface area (TPSA) is 75.1 Å². The molecule has 0 aromatic carbocycles. The summed E-state index contributed by atoms with van der Waals surface area (Å²) in [5.74, 6) is 0.182. The summed E-state index contributed by atoms with van der Waals surface area (Å²) in [6, 6.07) is 1.70. The summed E-state index contributed by atoms with van der Waals surface area (Å²) in [6.07, 6.45) is 1.57. The third kappa shape index (κ3) is 4.85. The minimum absolute atomic E-state index is 0.0600. The molecule has 0 fully saturated rings. The van der Waals surface area contributed by atoms with E-state index in [0.717, 1.165) is 5.69 Å². The third-order valence-corrected chi connectivity index (χ3v) is 3.03. The molecular weight excluding hydrogens is 242 g/mol. The molecule has 1 atom stereocenters. The molecule has 0 bridgehead atoms. The second kappa shape index (κ2) is 5.99. The fourth-order valence-electron chi connectivity index (χ4n) is 1.69. The summed E-state index contributed by atoms with van der Waals surface area (Å²) >= 11 is 0. The number of aliphatic carboxylic acids is 1. The van der Waals surface area contributed by atoms with Gasteiger partial charge in [0.2, 0.25) is 0 Å². The molecule has 19 heavy (non-hydrogen) atoms. The molecule has 0 aliphatic rings. The first-order valence-corrected chi connectivity index (χ1v) is 6.50. The molecule has 1 aromatic rings. The van der Waals surface area contributed by atoms with Gasteiger partial charge < -0.3 is 10.4 Å². The largest absolute Gasteiger partial charge is 0.481 e. The van der Waals surface area contributed by atoms with Crippen molar-refractivity contribution in [2.75, 3.05) is 5.32 Å². The van der Waals surface area contributed by atoms with Crippen LogP contribution >= 0.6 is 0 Å². The summed E-state index contributed by atoms with van der Waals surface area (Å²) in [5, 5.41) is 12.2. The average Bonchev–Trinajstić information content (AvgIpc) is 2.26. The zero-order valence-electron chi connectivity index (χ0n) is 12.3. The molecule has 1 rings (SSSR count). The lowest BCUT2D eigenvalue weighted by Gasteiger charge is -2.30. The van der Waals surface area contributed by atoms with Gasteiger partial charge in [0, 0.05) is 17.8 Å². The average molecular weight is 265 g/mol. The molecule has 0 amide bonds. The van der Waals surface area contributed by atoms with Crippen LogP contribution in [0.4, 0.5) is 5.82 Å². The van der Waals surface area contributed by atoms with E-state index in [-0.39, 0.29) is 17.9 Å². The van der Waals surface area contributed by atoms with Crippen molar-refractivity contribution in [3.8, 4) is 0 Å².